The number of hydrogen-bond acceptors (Lipinski definition) is 3. The van der Waals surface area contributed by atoms with E-state index in [1.165, 1.54) is 0 Å². The van der Waals surface area contributed by atoms with Crippen molar-refractivity contribution in [2.24, 2.45) is 5.92 Å². The zero-order valence-electron chi connectivity index (χ0n) is 13.1. The third-order valence-electron chi connectivity index (χ3n) is 4.50. The van der Waals surface area contributed by atoms with E-state index in [9.17, 15) is 9.59 Å². The van der Waals surface area contributed by atoms with E-state index in [2.05, 4.69) is 0 Å². The number of esters is 1. The molecular weight excluding hydrogens is 302 g/mol. The molecule has 0 aliphatic carbocycles. The highest BCUT2D eigenvalue weighted by Crippen LogP contribution is 2.26. The fourth-order valence-electron chi connectivity index (χ4n) is 3.26. The quantitative estimate of drug-likeness (QED) is 0.420. The third-order valence-corrected chi connectivity index (χ3v) is 4.50. The van der Waals surface area contributed by atoms with Gasteiger partial charge in [0.1, 0.15) is 5.92 Å². The Hall–Kier alpha value is -2.88. The molecule has 4 nitrogen and oxygen atoms in total. The van der Waals surface area contributed by atoms with Crippen LogP contribution in [0.3, 0.4) is 0 Å². The molecule has 0 radical (unpaired) electrons. The molecule has 0 spiro atoms. The number of para-hydroxylation sites is 1. The molecule has 4 heteroatoms. The number of aromatic nitrogens is 1. The normalized spacial score (nSPS) is 17.2. The molecule has 0 amide bonds. The number of cyclic esters (lactones) is 1. The van der Waals surface area contributed by atoms with Crippen molar-refractivity contribution in [1.82, 2.24) is 4.57 Å². The van der Waals surface area contributed by atoms with Crippen molar-refractivity contribution in [2.75, 3.05) is 6.61 Å². The Morgan fingerprint density at radius 2 is 1.83 bits per heavy atom. The van der Waals surface area contributed by atoms with Crippen LogP contribution in [0.5, 0.6) is 0 Å². The van der Waals surface area contributed by atoms with Gasteiger partial charge in [-0.25, -0.2) is 0 Å². The summed E-state index contributed by atoms with van der Waals surface area (Å²) < 4.78 is 6.97. The first-order valence-corrected chi connectivity index (χ1v) is 8.07. The molecule has 1 atom stereocenters. The topological polar surface area (TPSA) is 48.3 Å². The lowest BCUT2D eigenvalue weighted by Gasteiger charge is -2.12. The molecular formula is C20H17NO3. The fraction of sp³-hybridized carbons (Fsp3) is 0.200. The largest absolute Gasteiger partial charge is 0.465 e. The second-order valence-corrected chi connectivity index (χ2v) is 6.03. The highest BCUT2D eigenvalue weighted by molar-refractivity contribution is 6.10. The highest BCUT2D eigenvalue weighted by atomic mass is 16.5. The molecule has 0 bridgehead atoms. The van der Waals surface area contributed by atoms with Crippen LogP contribution in [0.15, 0.2) is 60.7 Å². The van der Waals surface area contributed by atoms with Crippen LogP contribution in [0.25, 0.3) is 10.9 Å². The van der Waals surface area contributed by atoms with Crippen molar-refractivity contribution < 1.29 is 14.3 Å². The predicted octanol–water partition coefficient (Wildman–Crippen LogP) is 3.44. The number of Topliss-reactive ketones (excluding diaryl/α,β-unsaturated/α-hetero) is 1. The zero-order chi connectivity index (χ0) is 16.5. The second kappa shape index (κ2) is 5.96. The standard InChI is InChI=1S/C20H17NO3/c22-19(16-10-11-24-20(16)23)18-12-15-8-4-5-9-17(15)21(18)13-14-6-2-1-3-7-14/h1-9,12,16H,10-11,13H2/t16-/m0/s1. The van der Waals surface area contributed by atoms with Gasteiger partial charge in [-0.05, 0) is 17.7 Å². The molecule has 1 aromatic heterocycles. The minimum atomic E-state index is -0.677. The number of ether oxygens (including phenoxy) is 1. The molecule has 1 saturated heterocycles. The highest BCUT2D eigenvalue weighted by Gasteiger charge is 2.35. The number of benzene rings is 2. The van der Waals surface area contributed by atoms with Crippen LogP contribution in [0, 0.1) is 5.92 Å². The Morgan fingerprint density at radius 1 is 1.08 bits per heavy atom. The number of rotatable bonds is 4. The summed E-state index contributed by atoms with van der Waals surface area (Å²) in [5.74, 6) is -1.23. The van der Waals surface area contributed by atoms with Crippen LogP contribution in [-0.2, 0) is 16.1 Å². The van der Waals surface area contributed by atoms with E-state index in [1.807, 2.05) is 65.2 Å². The van der Waals surface area contributed by atoms with E-state index < -0.39 is 11.9 Å². The van der Waals surface area contributed by atoms with Crippen LogP contribution in [0.4, 0.5) is 0 Å². The molecule has 4 rings (SSSR count). The minimum Gasteiger partial charge on any atom is -0.465 e. The van der Waals surface area contributed by atoms with E-state index >= 15 is 0 Å². The first-order chi connectivity index (χ1) is 11.7. The number of ketones is 1. The number of nitrogens with zero attached hydrogens (tertiary/aromatic N) is 1. The van der Waals surface area contributed by atoms with E-state index in [0.717, 1.165) is 16.5 Å². The second-order valence-electron chi connectivity index (χ2n) is 6.03. The first-order valence-electron chi connectivity index (χ1n) is 8.07. The summed E-state index contributed by atoms with van der Waals surface area (Å²) in [6, 6.07) is 19.8. The molecule has 2 aromatic carbocycles. The van der Waals surface area contributed by atoms with Gasteiger partial charge in [-0.3, -0.25) is 9.59 Å². The molecule has 0 saturated carbocycles. The molecule has 1 aliphatic rings. The Morgan fingerprint density at radius 3 is 2.58 bits per heavy atom. The number of hydrogen-bond donors (Lipinski definition) is 0. The number of carbonyl (C=O) groups excluding carboxylic acids is 2. The van der Waals surface area contributed by atoms with Crippen LogP contribution >= 0.6 is 0 Å². The van der Waals surface area contributed by atoms with Crippen molar-refractivity contribution >= 4 is 22.7 Å². The van der Waals surface area contributed by atoms with Crippen molar-refractivity contribution in [2.45, 2.75) is 13.0 Å². The van der Waals surface area contributed by atoms with Gasteiger partial charge in [0.25, 0.3) is 0 Å². The molecule has 2 heterocycles. The average Bonchev–Trinajstić information content (AvgIpc) is 3.20. The number of carbonyl (C=O) groups is 2. The SMILES string of the molecule is O=C1OCC[C@H]1C(=O)c1cc2ccccc2n1Cc1ccccc1. The summed E-state index contributed by atoms with van der Waals surface area (Å²) in [7, 11) is 0. The lowest BCUT2D eigenvalue weighted by atomic mass is 10.00. The van der Waals surface area contributed by atoms with Gasteiger partial charge in [-0.15, -0.1) is 0 Å². The van der Waals surface area contributed by atoms with Crippen molar-refractivity contribution in [3.8, 4) is 0 Å². The van der Waals surface area contributed by atoms with E-state index in [0.29, 0.717) is 25.3 Å². The predicted molar refractivity (Wildman–Crippen MR) is 90.9 cm³/mol. The Labute approximate surface area is 139 Å². The summed E-state index contributed by atoms with van der Waals surface area (Å²) in [6.45, 7) is 0.922. The summed E-state index contributed by atoms with van der Waals surface area (Å²) in [5, 5.41) is 1.00. The van der Waals surface area contributed by atoms with E-state index in [-0.39, 0.29) is 5.78 Å². The van der Waals surface area contributed by atoms with Crippen molar-refractivity contribution in [3.05, 3.63) is 71.9 Å². The van der Waals surface area contributed by atoms with E-state index in [4.69, 9.17) is 4.74 Å². The molecule has 24 heavy (non-hydrogen) atoms. The van der Waals surface area contributed by atoms with Gasteiger partial charge < -0.3 is 9.30 Å². The van der Waals surface area contributed by atoms with Gasteiger partial charge in [0, 0.05) is 23.9 Å². The monoisotopic (exact) mass is 319 g/mol. The van der Waals surface area contributed by atoms with Gasteiger partial charge in [0.15, 0.2) is 5.78 Å². The molecule has 0 N–H and O–H groups in total. The summed E-state index contributed by atoms with van der Waals surface area (Å²) in [4.78, 5) is 24.7. The molecule has 1 fully saturated rings. The Balaban J connectivity index is 1.81. The number of fused-ring (bicyclic) bond motifs is 1. The molecule has 120 valence electrons. The van der Waals surface area contributed by atoms with E-state index in [1.54, 1.807) is 0 Å². The minimum absolute atomic E-state index is 0.148. The summed E-state index contributed by atoms with van der Waals surface area (Å²) in [6.07, 6.45) is 0.463. The maximum atomic E-state index is 12.9. The van der Waals surface area contributed by atoms with Crippen molar-refractivity contribution in [3.63, 3.8) is 0 Å². The van der Waals surface area contributed by atoms with Crippen LogP contribution in [-0.4, -0.2) is 22.9 Å². The van der Waals surface area contributed by atoms with Crippen LogP contribution in [0.2, 0.25) is 0 Å². The lowest BCUT2D eigenvalue weighted by Crippen LogP contribution is -2.22. The molecule has 0 unspecified atom stereocenters. The van der Waals surface area contributed by atoms with Gasteiger partial charge >= 0.3 is 5.97 Å². The van der Waals surface area contributed by atoms with Crippen molar-refractivity contribution in [1.29, 1.82) is 0 Å². The van der Waals surface area contributed by atoms with Gasteiger partial charge in [-0.2, -0.15) is 0 Å². The third kappa shape index (κ3) is 2.50. The maximum Gasteiger partial charge on any atom is 0.317 e. The Kier molecular flexibility index (Phi) is 3.65. The maximum absolute atomic E-state index is 12.9. The molecule has 3 aromatic rings. The summed E-state index contributed by atoms with van der Waals surface area (Å²) in [5.41, 5.74) is 2.68. The van der Waals surface area contributed by atoms with Gasteiger partial charge in [0.2, 0.25) is 0 Å². The van der Waals surface area contributed by atoms with Gasteiger partial charge in [0.05, 0.1) is 12.3 Å². The lowest BCUT2D eigenvalue weighted by molar-refractivity contribution is -0.140. The van der Waals surface area contributed by atoms with Crippen LogP contribution < -0.4 is 0 Å². The van der Waals surface area contributed by atoms with Crippen LogP contribution in [0.1, 0.15) is 22.5 Å². The smallest absolute Gasteiger partial charge is 0.317 e. The zero-order valence-corrected chi connectivity index (χ0v) is 13.1. The average molecular weight is 319 g/mol. The van der Waals surface area contributed by atoms with Gasteiger partial charge in [-0.1, -0.05) is 48.5 Å². The Bertz CT molecular complexity index is 911. The first kappa shape index (κ1) is 14.7. The fourth-order valence-corrected chi connectivity index (χ4v) is 3.26. The molecule has 1 aliphatic heterocycles. The summed E-state index contributed by atoms with van der Waals surface area (Å²) >= 11 is 0.